The third-order valence-electron chi connectivity index (χ3n) is 1.86. The first-order chi connectivity index (χ1) is 7.79. The van der Waals surface area contributed by atoms with E-state index in [-0.39, 0.29) is 0 Å². The highest BCUT2D eigenvalue weighted by molar-refractivity contribution is 14.1. The van der Waals surface area contributed by atoms with E-state index in [1.54, 1.807) is 0 Å². The van der Waals surface area contributed by atoms with E-state index in [4.69, 9.17) is 10.6 Å². The SMILES string of the molecule is NNc1snnc1COc1cccc(I)c1. The van der Waals surface area contributed by atoms with Gasteiger partial charge in [0.1, 0.15) is 18.1 Å². The van der Waals surface area contributed by atoms with Gasteiger partial charge in [-0.1, -0.05) is 10.6 Å². The molecule has 0 atom stereocenters. The fourth-order valence-corrected chi connectivity index (χ4v) is 2.11. The normalized spacial score (nSPS) is 10.1. The number of ether oxygens (including phenoxy) is 1. The molecule has 5 nitrogen and oxygen atoms in total. The van der Waals surface area contributed by atoms with Crippen molar-refractivity contribution in [3.8, 4) is 5.75 Å². The highest BCUT2D eigenvalue weighted by atomic mass is 127. The first kappa shape index (κ1) is 11.6. The molecule has 2 aromatic rings. The lowest BCUT2D eigenvalue weighted by molar-refractivity contribution is 0.301. The third kappa shape index (κ3) is 2.80. The van der Waals surface area contributed by atoms with Crippen LogP contribution in [0.2, 0.25) is 0 Å². The molecule has 16 heavy (non-hydrogen) atoms. The second kappa shape index (κ2) is 5.41. The molecule has 84 valence electrons. The number of hydrazine groups is 1. The summed E-state index contributed by atoms with van der Waals surface area (Å²) in [7, 11) is 0. The van der Waals surface area contributed by atoms with Crippen LogP contribution in [0.3, 0.4) is 0 Å². The summed E-state index contributed by atoms with van der Waals surface area (Å²) < 4.78 is 10.5. The van der Waals surface area contributed by atoms with Crippen molar-refractivity contribution in [1.82, 2.24) is 9.59 Å². The van der Waals surface area contributed by atoms with Crippen LogP contribution in [0.5, 0.6) is 5.75 Å². The minimum atomic E-state index is 0.357. The van der Waals surface area contributed by atoms with Crippen LogP contribution in [-0.2, 0) is 6.61 Å². The lowest BCUT2D eigenvalue weighted by Gasteiger charge is -2.05. The largest absolute Gasteiger partial charge is 0.487 e. The van der Waals surface area contributed by atoms with Gasteiger partial charge in [-0.25, -0.2) is 5.84 Å². The topological polar surface area (TPSA) is 73.1 Å². The van der Waals surface area contributed by atoms with Gasteiger partial charge < -0.3 is 10.2 Å². The molecule has 1 heterocycles. The minimum Gasteiger partial charge on any atom is -0.487 e. The summed E-state index contributed by atoms with van der Waals surface area (Å²) in [5, 5.41) is 4.65. The van der Waals surface area contributed by atoms with Crippen LogP contribution in [0.25, 0.3) is 0 Å². The Hall–Kier alpha value is -0.930. The Bertz CT molecular complexity index is 476. The first-order valence-corrected chi connectivity index (χ1v) is 6.31. The molecule has 0 spiro atoms. The molecule has 0 unspecified atom stereocenters. The number of nitrogens with zero attached hydrogens (tertiary/aromatic N) is 2. The van der Waals surface area contributed by atoms with Crippen molar-refractivity contribution >= 4 is 39.1 Å². The number of benzene rings is 1. The van der Waals surface area contributed by atoms with Crippen molar-refractivity contribution in [2.24, 2.45) is 5.84 Å². The van der Waals surface area contributed by atoms with Crippen molar-refractivity contribution in [3.05, 3.63) is 33.5 Å². The van der Waals surface area contributed by atoms with Crippen molar-refractivity contribution in [2.75, 3.05) is 5.43 Å². The predicted molar refractivity (Wildman–Crippen MR) is 71.2 cm³/mol. The molecule has 0 aliphatic rings. The summed E-state index contributed by atoms with van der Waals surface area (Å²) >= 11 is 3.44. The zero-order valence-electron chi connectivity index (χ0n) is 8.18. The smallest absolute Gasteiger partial charge is 0.150 e. The fraction of sp³-hybridized carbons (Fsp3) is 0.111. The Morgan fingerprint density at radius 3 is 3.12 bits per heavy atom. The molecule has 0 bridgehead atoms. The van der Waals surface area contributed by atoms with Crippen LogP contribution < -0.4 is 16.0 Å². The third-order valence-corrected chi connectivity index (χ3v) is 3.23. The maximum atomic E-state index is 5.58. The average molecular weight is 348 g/mol. The van der Waals surface area contributed by atoms with Gasteiger partial charge in [-0.2, -0.15) is 0 Å². The molecule has 0 amide bonds. The predicted octanol–water partition coefficient (Wildman–Crippen LogP) is 2.01. The Morgan fingerprint density at radius 1 is 1.50 bits per heavy atom. The Morgan fingerprint density at radius 2 is 2.38 bits per heavy atom. The molecular weight excluding hydrogens is 339 g/mol. The summed E-state index contributed by atoms with van der Waals surface area (Å²) in [6.45, 7) is 0.357. The number of nitrogens with one attached hydrogen (secondary N) is 1. The molecule has 0 aliphatic carbocycles. The van der Waals surface area contributed by atoms with Gasteiger partial charge >= 0.3 is 0 Å². The summed E-state index contributed by atoms with van der Waals surface area (Å²) in [5.74, 6) is 6.12. The average Bonchev–Trinajstić information content (AvgIpc) is 2.74. The van der Waals surface area contributed by atoms with E-state index in [0.717, 1.165) is 14.3 Å². The van der Waals surface area contributed by atoms with E-state index in [9.17, 15) is 0 Å². The van der Waals surface area contributed by atoms with E-state index in [1.807, 2.05) is 24.3 Å². The zero-order valence-corrected chi connectivity index (χ0v) is 11.2. The Balaban J connectivity index is 2.02. The molecule has 0 radical (unpaired) electrons. The molecule has 0 aliphatic heterocycles. The summed E-state index contributed by atoms with van der Waals surface area (Å²) in [6.07, 6.45) is 0. The number of anilines is 1. The van der Waals surface area contributed by atoms with Crippen LogP contribution >= 0.6 is 34.1 Å². The van der Waals surface area contributed by atoms with E-state index in [0.29, 0.717) is 12.3 Å². The number of hydrogen-bond acceptors (Lipinski definition) is 6. The van der Waals surface area contributed by atoms with Crippen molar-refractivity contribution in [1.29, 1.82) is 0 Å². The second-order valence-corrected chi connectivity index (χ2v) is 4.94. The minimum absolute atomic E-state index is 0.357. The number of halogens is 1. The lowest BCUT2D eigenvalue weighted by Crippen LogP contribution is -2.08. The molecule has 0 saturated heterocycles. The molecule has 1 aromatic heterocycles. The van der Waals surface area contributed by atoms with Gasteiger partial charge in [-0.15, -0.1) is 5.10 Å². The van der Waals surface area contributed by atoms with E-state index in [1.165, 1.54) is 11.5 Å². The maximum absolute atomic E-state index is 5.58. The van der Waals surface area contributed by atoms with Crippen LogP contribution in [0, 0.1) is 3.57 Å². The zero-order chi connectivity index (χ0) is 11.4. The molecule has 0 saturated carbocycles. The lowest BCUT2D eigenvalue weighted by atomic mass is 10.3. The van der Waals surface area contributed by atoms with Gasteiger partial charge in [0, 0.05) is 15.1 Å². The molecule has 7 heteroatoms. The van der Waals surface area contributed by atoms with Gasteiger partial charge in [0.15, 0.2) is 5.00 Å². The highest BCUT2D eigenvalue weighted by Crippen LogP contribution is 2.20. The van der Waals surface area contributed by atoms with E-state index < -0.39 is 0 Å². The monoisotopic (exact) mass is 348 g/mol. The molecule has 2 rings (SSSR count). The van der Waals surface area contributed by atoms with E-state index in [2.05, 4.69) is 37.6 Å². The number of nitrogen functional groups attached to an aromatic ring is 1. The van der Waals surface area contributed by atoms with Crippen LogP contribution in [0.4, 0.5) is 5.00 Å². The van der Waals surface area contributed by atoms with Crippen molar-refractivity contribution in [2.45, 2.75) is 6.61 Å². The van der Waals surface area contributed by atoms with Crippen molar-refractivity contribution < 1.29 is 4.74 Å². The fourth-order valence-electron chi connectivity index (χ4n) is 1.12. The number of aromatic nitrogens is 2. The standard InChI is InChI=1S/C9H9IN4OS/c10-6-2-1-3-7(4-6)15-5-8-9(12-11)16-14-13-8/h1-4,12H,5,11H2. The van der Waals surface area contributed by atoms with Crippen molar-refractivity contribution in [3.63, 3.8) is 0 Å². The summed E-state index contributed by atoms with van der Waals surface area (Å²) in [6, 6.07) is 7.80. The van der Waals surface area contributed by atoms with Gasteiger partial charge in [0.05, 0.1) is 0 Å². The number of hydrogen-bond donors (Lipinski definition) is 2. The van der Waals surface area contributed by atoms with E-state index >= 15 is 0 Å². The van der Waals surface area contributed by atoms with Gasteiger partial charge in [-0.05, 0) is 40.8 Å². The highest BCUT2D eigenvalue weighted by Gasteiger charge is 2.07. The summed E-state index contributed by atoms with van der Waals surface area (Å²) in [4.78, 5) is 0. The number of rotatable bonds is 4. The number of nitrogens with two attached hydrogens (primary N) is 1. The Labute approximate surface area is 110 Å². The van der Waals surface area contributed by atoms with Gasteiger partial charge in [0.2, 0.25) is 0 Å². The molecule has 1 aromatic carbocycles. The quantitative estimate of drug-likeness (QED) is 0.502. The summed E-state index contributed by atoms with van der Waals surface area (Å²) in [5.41, 5.74) is 3.25. The van der Waals surface area contributed by atoms with Crippen LogP contribution in [0.15, 0.2) is 24.3 Å². The molecule has 3 N–H and O–H groups in total. The van der Waals surface area contributed by atoms with Gasteiger partial charge in [0.25, 0.3) is 0 Å². The first-order valence-electron chi connectivity index (χ1n) is 4.46. The molecular formula is C9H9IN4OS. The maximum Gasteiger partial charge on any atom is 0.150 e. The van der Waals surface area contributed by atoms with Gasteiger partial charge in [-0.3, -0.25) is 0 Å². The molecule has 0 fully saturated rings. The van der Waals surface area contributed by atoms with Crippen LogP contribution in [0.1, 0.15) is 5.69 Å². The Kier molecular flexibility index (Phi) is 3.91. The second-order valence-electron chi connectivity index (χ2n) is 2.94. The van der Waals surface area contributed by atoms with Crippen LogP contribution in [-0.4, -0.2) is 9.59 Å².